The second-order valence-corrected chi connectivity index (χ2v) is 4.29. The average Bonchev–Trinajstić information content (AvgIpc) is 2.45. The summed E-state index contributed by atoms with van der Waals surface area (Å²) in [5.41, 5.74) is 1.11. The molecule has 78 valence electrons. The summed E-state index contributed by atoms with van der Waals surface area (Å²) in [6, 6.07) is 2.03. The number of hydrogen-bond acceptors (Lipinski definition) is 3. The van der Waals surface area contributed by atoms with Gasteiger partial charge in [0.25, 0.3) is 0 Å². The molecule has 5 heteroatoms. The van der Waals surface area contributed by atoms with Crippen molar-refractivity contribution in [3.63, 3.8) is 0 Å². The van der Waals surface area contributed by atoms with Gasteiger partial charge >= 0.3 is 0 Å². The minimum Gasteiger partial charge on any atom is -0.263 e. The lowest BCUT2D eigenvalue weighted by Crippen LogP contribution is -2.04. The highest BCUT2D eigenvalue weighted by Crippen LogP contribution is 2.11. The van der Waals surface area contributed by atoms with Crippen LogP contribution in [0.3, 0.4) is 0 Å². The van der Waals surface area contributed by atoms with Crippen LogP contribution in [0.25, 0.3) is 0 Å². The smallest absolute Gasteiger partial charge is 0.147 e. The summed E-state index contributed by atoms with van der Waals surface area (Å²) in [6.07, 6.45) is 3.60. The molecule has 0 aromatic carbocycles. The average molecular weight is 267 g/mol. The number of nitrogens with zero attached hydrogens (tertiary/aromatic N) is 4. The van der Waals surface area contributed by atoms with Crippen molar-refractivity contribution < 1.29 is 0 Å². The Bertz CT molecular complexity index is 478. The minimum atomic E-state index is 0.707. The molecule has 0 amide bonds. The Kier molecular flexibility index (Phi) is 2.81. The molecule has 2 aromatic heterocycles. The van der Waals surface area contributed by atoms with Gasteiger partial charge in [0, 0.05) is 16.9 Å². The van der Waals surface area contributed by atoms with E-state index in [1.807, 2.05) is 30.8 Å². The molecule has 0 aliphatic rings. The Balaban J connectivity index is 2.25. The molecule has 0 atom stereocenters. The second kappa shape index (κ2) is 4.10. The van der Waals surface area contributed by atoms with E-state index < -0.39 is 0 Å². The molecule has 0 spiro atoms. The van der Waals surface area contributed by atoms with Crippen LogP contribution in [0.15, 0.2) is 22.9 Å². The van der Waals surface area contributed by atoms with Crippen LogP contribution in [-0.4, -0.2) is 19.7 Å². The van der Waals surface area contributed by atoms with E-state index >= 15 is 0 Å². The SMILES string of the molecule is Cc1nc(C)n(Cc2cncc(Br)c2)n1. The summed E-state index contributed by atoms with van der Waals surface area (Å²) in [7, 11) is 0. The normalized spacial score (nSPS) is 10.6. The summed E-state index contributed by atoms with van der Waals surface area (Å²) in [5, 5.41) is 4.30. The number of hydrogen-bond donors (Lipinski definition) is 0. The van der Waals surface area contributed by atoms with Crippen LogP contribution in [0, 0.1) is 13.8 Å². The number of aryl methyl sites for hydroxylation is 2. The molecule has 0 bridgehead atoms. The molecule has 0 radical (unpaired) electrons. The monoisotopic (exact) mass is 266 g/mol. The molecule has 2 rings (SSSR count). The van der Waals surface area contributed by atoms with E-state index in [0.29, 0.717) is 6.54 Å². The minimum absolute atomic E-state index is 0.707. The van der Waals surface area contributed by atoms with Crippen molar-refractivity contribution in [1.82, 2.24) is 19.7 Å². The predicted octanol–water partition coefficient (Wildman–Crippen LogP) is 2.10. The van der Waals surface area contributed by atoms with E-state index in [-0.39, 0.29) is 0 Å². The second-order valence-electron chi connectivity index (χ2n) is 3.38. The molecule has 0 N–H and O–H groups in total. The van der Waals surface area contributed by atoms with Crippen molar-refractivity contribution in [2.75, 3.05) is 0 Å². The largest absolute Gasteiger partial charge is 0.263 e. The van der Waals surface area contributed by atoms with Gasteiger partial charge in [-0.05, 0) is 41.4 Å². The van der Waals surface area contributed by atoms with E-state index in [2.05, 4.69) is 31.0 Å². The number of pyridine rings is 1. The zero-order chi connectivity index (χ0) is 10.8. The molecule has 0 aliphatic heterocycles. The Labute approximate surface area is 96.5 Å². The van der Waals surface area contributed by atoms with Gasteiger partial charge in [-0.2, -0.15) is 5.10 Å². The molecule has 2 heterocycles. The van der Waals surface area contributed by atoms with Gasteiger partial charge in [-0.1, -0.05) is 0 Å². The van der Waals surface area contributed by atoms with Crippen LogP contribution in [-0.2, 0) is 6.54 Å². The van der Waals surface area contributed by atoms with Crippen molar-refractivity contribution in [2.45, 2.75) is 20.4 Å². The number of rotatable bonds is 2. The van der Waals surface area contributed by atoms with E-state index in [1.54, 1.807) is 6.20 Å². The predicted molar refractivity (Wildman–Crippen MR) is 60.5 cm³/mol. The van der Waals surface area contributed by atoms with Gasteiger partial charge in [0.2, 0.25) is 0 Å². The molecule has 0 saturated carbocycles. The van der Waals surface area contributed by atoms with Gasteiger partial charge in [-0.3, -0.25) is 4.98 Å². The Morgan fingerprint density at radius 3 is 2.73 bits per heavy atom. The molecular weight excluding hydrogens is 256 g/mol. The summed E-state index contributed by atoms with van der Waals surface area (Å²) in [4.78, 5) is 8.36. The van der Waals surface area contributed by atoms with Gasteiger partial charge < -0.3 is 0 Å². The fourth-order valence-electron chi connectivity index (χ4n) is 1.43. The first kappa shape index (κ1) is 10.3. The van der Waals surface area contributed by atoms with Crippen LogP contribution in [0.5, 0.6) is 0 Å². The maximum atomic E-state index is 4.30. The van der Waals surface area contributed by atoms with Crippen molar-refractivity contribution in [1.29, 1.82) is 0 Å². The van der Waals surface area contributed by atoms with Crippen LogP contribution in [0.2, 0.25) is 0 Å². The fourth-order valence-corrected chi connectivity index (χ4v) is 1.84. The maximum Gasteiger partial charge on any atom is 0.147 e. The molecule has 0 unspecified atom stereocenters. The lowest BCUT2D eigenvalue weighted by atomic mass is 10.3. The summed E-state index contributed by atoms with van der Waals surface area (Å²) in [5.74, 6) is 1.72. The van der Waals surface area contributed by atoms with Crippen LogP contribution >= 0.6 is 15.9 Å². The first-order valence-corrected chi connectivity index (χ1v) is 5.42. The van der Waals surface area contributed by atoms with Crippen molar-refractivity contribution in [3.8, 4) is 0 Å². The van der Waals surface area contributed by atoms with E-state index in [0.717, 1.165) is 21.7 Å². The molecule has 0 fully saturated rings. The summed E-state index contributed by atoms with van der Waals surface area (Å²) >= 11 is 3.39. The van der Waals surface area contributed by atoms with Crippen molar-refractivity contribution in [3.05, 3.63) is 40.1 Å². The third-order valence-electron chi connectivity index (χ3n) is 2.06. The van der Waals surface area contributed by atoms with Crippen LogP contribution in [0.1, 0.15) is 17.2 Å². The zero-order valence-electron chi connectivity index (χ0n) is 8.61. The highest BCUT2D eigenvalue weighted by atomic mass is 79.9. The molecule has 4 nitrogen and oxygen atoms in total. The van der Waals surface area contributed by atoms with Gasteiger partial charge in [0.1, 0.15) is 11.6 Å². The molecule has 2 aromatic rings. The lowest BCUT2D eigenvalue weighted by molar-refractivity contribution is 0.654. The molecule has 0 saturated heterocycles. The van der Waals surface area contributed by atoms with Crippen molar-refractivity contribution in [2.24, 2.45) is 0 Å². The summed E-state index contributed by atoms with van der Waals surface area (Å²) in [6.45, 7) is 4.55. The number of halogens is 1. The third-order valence-corrected chi connectivity index (χ3v) is 2.49. The molecule has 15 heavy (non-hydrogen) atoms. The van der Waals surface area contributed by atoms with Gasteiger partial charge in [0.05, 0.1) is 6.54 Å². The van der Waals surface area contributed by atoms with Gasteiger partial charge in [0.15, 0.2) is 0 Å². The quantitative estimate of drug-likeness (QED) is 0.836. The Morgan fingerprint density at radius 1 is 1.33 bits per heavy atom. The Hall–Kier alpha value is -1.23. The standard InChI is InChI=1S/C10H11BrN4/c1-7-13-8(2)15(14-7)6-9-3-10(11)5-12-4-9/h3-5H,6H2,1-2H3. The van der Waals surface area contributed by atoms with Crippen molar-refractivity contribution >= 4 is 15.9 Å². The van der Waals surface area contributed by atoms with Gasteiger partial charge in [-0.15, -0.1) is 0 Å². The first-order valence-electron chi connectivity index (χ1n) is 4.62. The topological polar surface area (TPSA) is 43.6 Å². The van der Waals surface area contributed by atoms with Crippen LogP contribution in [0.4, 0.5) is 0 Å². The van der Waals surface area contributed by atoms with E-state index in [9.17, 15) is 0 Å². The first-order chi connectivity index (χ1) is 7.15. The van der Waals surface area contributed by atoms with E-state index in [1.165, 1.54) is 0 Å². The van der Waals surface area contributed by atoms with Gasteiger partial charge in [-0.25, -0.2) is 9.67 Å². The third kappa shape index (κ3) is 2.41. The van der Waals surface area contributed by atoms with E-state index in [4.69, 9.17) is 0 Å². The maximum absolute atomic E-state index is 4.30. The Morgan fingerprint density at radius 2 is 2.13 bits per heavy atom. The molecular formula is C10H11BrN4. The lowest BCUT2D eigenvalue weighted by Gasteiger charge is -2.02. The highest BCUT2D eigenvalue weighted by Gasteiger charge is 2.03. The van der Waals surface area contributed by atoms with Crippen LogP contribution < -0.4 is 0 Å². The highest BCUT2D eigenvalue weighted by molar-refractivity contribution is 9.10. The summed E-state index contributed by atoms with van der Waals surface area (Å²) < 4.78 is 2.85. The fraction of sp³-hybridized carbons (Fsp3) is 0.300. The zero-order valence-corrected chi connectivity index (χ0v) is 10.2. The number of aromatic nitrogens is 4. The molecule has 0 aliphatic carbocycles.